The summed E-state index contributed by atoms with van der Waals surface area (Å²) >= 11 is 2.97. The summed E-state index contributed by atoms with van der Waals surface area (Å²) in [5.41, 5.74) is 0.649. The van der Waals surface area contributed by atoms with Crippen LogP contribution in [0.1, 0.15) is 0 Å². The number of halogens is 3. The molecular weight excluding hydrogens is 536 g/mol. The highest BCUT2D eigenvalue weighted by Crippen LogP contribution is 2.32. The zero-order valence-electron chi connectivity index (χ0n) is 18.8. The van der Waals surface area contributed by atoms with E-state index in [2.05, 4.69) is 46.3 Å². The van der Waals surface area contributed by atoms with Crippen molar-refractivity contribution in [2.75, 3.05) is 30.4 Å². The monoisotopic (exact) mass is 553 g/mol. The molecule has 5 aromatic rings. The van der Waals surface area contributed by atoms with E-state index in [9.17, 15) is 13.6 Å². The van der Waals surface area contributed by atoms with Crippen molar-refractivity contribution >= 4 is 49.5 Å². The standard InChI is InChI=1S/C24H18BrF2N7O2/c1-33-11-12(36-20-5-3-2-4-18(20)33)8-28-24-29-9-13-21-14(10-30-32-21)23(35)34(22(13)31-24)19-7-16(26)15(25)6-17(19)27/h2-7,9-10,12H,8,11H2,1H3,(H,30,32)(H,28,29,31). The number of H-pyrrole nitrogens is 1. The second kappa shape index (κ2) is 8.55. The Kier molecular flexibility index (Phi) is 5.32. The Hall–Kier alpha value is -4.06. The SMILES string of the molecule is CN1CC(CNc2ncc3c4[nH]ncc4c(=O)n(-c4cc(F)c(Br)cc4F)c3n2)Oc2ccccc21. The van der Waals surface area contributed by atoms with Gasteiger partial charge < -0.3 is 15.0 Å². The van der Waals surface area contributed by atoms with Crippen LogP contribution < -0.4 is 20.5 Å². The molecule has 0 amide bonds. The fraction of sp³-hybridized carbons (Fsp3) is 0.167. The average molecular weight is 554 g/mol. The fourth-order valence-electron chi connectivity index (χ4n) is 4.39. The van der Waals surface area contributed by atoms with Gasteiger partial charge in [-0.1, -0.05) is 12.1 Å². The minimum atomic E-state index is -0.792. The number of nitrogens with zero attached hydrogens (tertiary/aromatic N) is 5. The summed E-state index contributed by atoms with van der Waals surface area (Å²) in [6.07, 6.45) is 2.65. The van der Waals surface area contributed by atoms with Crippen molar-refractivity contribution in [3.05, 3.63) is 75.3 Å². The van der Waals surface area contributed by atoms with Gasteiger partial charge in [0, 0.05) is 19.3 Å². The number of benzene rings is 2. The van der Waals surface area contributed by atoms with Crippen molar-refractivity contribution in [3.63, 3.8) is 0 Å². The third-order valence-corrected chi connectivity index (χ3v) is 6.70. The molecule has 1 atom stereocenters. The number of fused-ring (bicyclic) bond motifs is 4. The second-order valence-electron chi connectivity index (χ2n) is 8.42. The fourth-order valence-corrected chi connectivity index (χ4v) is 4.70. The lowest BCUT2D eigenvalue weighted by Crippen LogP contribution is -2.41. The van der Waals surface area contributed by atoms with Gasteiger partial charge in [0.15, 0.2) is 5.65 Å². The summed E-state index contributed by atoms with van der Waals surface area (Å²) in [6.45, 7) is 1.02. The Morgan fingerprint density at radius 2 is 2.00 bits per heavy atom. The van der Waals surface area contributed by atoms with Gasteiger partial charge >= 0.3 is 0 Å². The van der Waals surface area contributed by atoms with Gasteiger partial charge in [-0.2, -0.15) is 10.1 Å². The molecule has 36 heavy (non-hydrogen) atoms. The van der Waals surface area contributed by atoms with Crippen LogP contribution >= 0.6 is 15.9 Å². The highest BCUT2D eigenvalue weighted by Gasteiger charge is 2.24. The van der Waals surface area contributed by atoms with Gasteiger partial charge in [-0.25, -0.2) is 13.8 Å². The van der Waals surface area contributed by atoms with E-state index in [4.69, 9.17) is 4.74 Å². The van der Waals surface area contributed by atoms with Crippen LogP contribution in [-0.2, 0) is 0 Å². The lowest BCUT2D eigenvalue weighted by atomic mass is 10.2. The molecule has 0 aliphatic carbocycles. The predicted molar refractivity (Wildman–Crippen MR) is 135 cm³/mol. The number of anilines is 2. The Morgan fingerprint density at radius 1 is 1.17 bits per heavy atom. The first-order valence-corrected chi connectivity index (χ1v) is 11.8. The summed E-state index contributed by atoms with van der Waals surface area (Å²) < 4.78 is 36.4. The topological polar surface area (TPSA) is 101 Å². The summed E-state index contributed by atoms with van der Waals surface area (Å²) in [7, 11) is 1.99. The first-order valence-electron chi connectivity index (χ1n) is 11.0. The quantitative estimate of drug-likeness (QED) is 0.324. The van der Waals surface area contributed by atoms with Crippen LogP contribution in [0.25, 0.3) is 27.6 Å². The first kappa shape index (κ1) is 22.4. The molecule has 182 valence electrons. The Balaban J connectivity index is 1.41. The highest BCUT2D eigenvalue weighted by atomic mass is 79.9. The van der Waals surface area contributed by atoms with Gasteiger partial charge in [-0.15, -0.1) is 0 Å². The van der Waals surface area contributed by atoms with Gasteiger partial charge in [-0.05, 0) is 34.1 Å². The minimum absolute atomic E-state index is 0.0542. The number of hydrogen-bond acceptors (Lipinski definition) is 7. The van der Waals surface area contributed by atoms with Crippen LogP contribution in [0.15, 0.2) is 58.1 Å². The Labute approximate surface area is 210 Å². The van der Waals surface area contributed by atoms with Crippen LogP contribution in [0.2, 0.25) is 0 Å². The molecule has 4 heterocycles. The molecule has 0 saturated carbocycles. The number of aromatic amines is 1. The molecule has 0 spiro atoms. The van der Waals surface area contributed by atoms with Crippen LogP contribution in [0.5, 0.6) is 5.75 Å². The summed E-state index contributed by atoms with van der Waals surface area (Å²) in [5.74, 6) is -0.525. The van der Waals surface area contributed by atoms with E-state index in [1.54, 1.807) is 0 Å². The lowest BCUT2D eigenvalue weighted by Gasteiger charge is -2.33. The second-order valence-corrected chi connectivity index (χ2v) is 9.27. The highest BCUT2D eigenvalue weighted by molar-refractivity contribution is 9.10. The van der Waals surface area contributed by atoms with Crippen molar-refractivity contribution in [2.45, 2.75) is 6.10 Å². The number of ether oxygens (including phenoxy) is 1. The maximum atomic E-state index is 14.9. The van der Waals surface area contributed by atoms with Crippen molar-refractivity contribution < 1.29 is 13.5 Å². The van der Waals surface area contributed by atoms with Crippen LogP contribution in [0, 0.1) is 11.6 Å². The van der Waals surface area contributed by atoms with Gasteiger partial charge in [-0.3, -0.25) is 14.5 Å². The largest absolute Gasteiger partial charge is 0.485 e. The molecule has 12 heteroatoms. The van der Waals surface area contributed by atoms with E-state index in [0.717, 1.165) is 28.1 Å². The molecule has 2 N–H and O–H groups in total. The molecule has 3 aromatic heterocycles. The Morgan fingerprint density at radius 3 is 2.86 bits per heavy atom. The number of hydrogen-bond donors (Lipinski definition) is 2. The van der Waals surface area contributed by atoms with E-state index in [1.807, 2.05) is 31.3 Å². The number of nitrogens with one attached hydrogen (secondary N) is 2. The van der Waals surface area contributed by atoms with E-state index < -0.39 is 17.2 Å². The van der Waals surface area contributed by atoms with E-state index in [-0.39, 0.29) is 33.2 Å². The number of aromatic nitrogens is 5. The van der Waals surface area contributed by atoms with Crippen molar-refractivity contribution in [1.82, 2.24) is 24.7 Å². The molecule has 1 unspecified atom stereocenters. The number of pyridine rings is 1. The third kappa shape index (κ3) is 3.65. The lowest BCUT2D eigenvalue weighted by molar-refractivity contribution is 0.208. The number of rotatable bonds is 4. The number of likely N-dealkylation sites (N-methyl/N-ethyl adjacent to an activating group) is 1. The molecule has 1 aliphatic heterocycles. The van der Waals surface area contributed by atoms with Crippen LogP contribution in [0.3, 0.4) is 0 Å². The van der Waals surface area contributed by atoms with E-state index in [0.29, 0.717) is 24.0 Å². The maximum Gasteiger partial charge on any atom is 0.267 e. The molecular formula is C24H18BrF2N7O2. The zero-order valence-corrected chi connectivity index (χ0v) is 20.4. The van der Waals surface area contributed by atoms with Gasteiger partial charge in [0.2, 0.25) is 5.95 Å². The van der Waals surface area contributed by atoms with Crippen LogP contribution in [-0.4, -0.2) is 51.0 Å². The first-order chi connectivity index (χ1) is 17.4. The van der Waals surface area contributed by atoms with Gasteiger partial charge in [0.1, 0.15) is 23.5 Å². The predicted octanol–water partition coefficient (Wildman–Crippen LogP) is 4.01. The van der Waals surface area contributed by atoms with Gasteiger partial charge in [0.05, 0.1) is 51.4 Å². The zero-order chi connectivity index (χ0) is 25.0. The van der Waals surface area contributed by atoms with Crippen molar-refractivity contribution in [2.24, 2.45) is 0 Å². The smallest absolute Gasteiger partial charge is 0.267 e. The van der Waals surface area contributed by atoms with Crippen molar-refractivity contribution in [1.29, 1.82) is 0 Å². The Bertz CT molecular complexity index is 1700. The minimum Gasteiger partial charge on any atom is -0.485 e. The summed E-state index contributed by atoms with van der Waals surface area (Å²) in [4.78, 5) is 24.3. The molecule has 9 nitrogen and oxygen atoms in total. The van der Waals surface area contributed by atoms with Crippen LogP contribution in [0.4, 0.5) is 20.4 Å². The summed E-state index contributed by atoms with van der Waals surface area (Å²) in [6, 6.07) is 9.68. The average Bonchev–Trinajstić information content (AvgIpc) is 3.36. The number of para-hydroxylation sites is 2. The maximum absolute atomic E-state index is 14.9. The molecule has 2 aromatic carbocycles. The molecule has 0 radical (unpaired) electrons. The summed E-state index contributed by atoms with van der Waals surface area (Å²) in [5, 5.41) is 10.5. The van der Waals surface area contributed by atoms with E-state index >= 15 is 0 Å². The molecule has 0 bridgehead atoms. The van der Waals surface area contributed by atoms with Gasteiger partial charge in [0.25, 0.3) is 5.56 Å². The van der Waals surface area contributed by atoms with E-state index in [1.165, 1.54) is 12.4 Å². The molecule has 0 fully saturated rings. The normalized spacial score (nSPS) is 15.2. The van der Waals surface area contributed by atoms with Crippen molar-refractivity contribution in [3.8, 4) is 11.4 Å². The molecule has 0 saturated heterocycles. The third-order valence-electron chi connectivity index (χ3n) is 6.09. The molecule has 1 aliphatic rings. The molecule has 6 rings (SSSR count).